The zero-order valence-corrected chi connectivity index (χ0v) is 19.5. The Morgan fingerprint density at radius 3 is 2.26 bits per heavy atom. The van der Waals surface area contributed by atoms with Crippen molar-refractivity contribution in [2.45, 2.75) is 25.4 Å². The molecule has 7 heteroatoms. The van der Waals surface area contributed by atoms with Crippen LogP contribution in [0.1, 0.15) is 35.3 Å². The van der Waals surface area contributed by atoms with Crippen molar-refractivity contribution in [2.75, 3.05) is 7.11 Å². The van der Waals surface area contributed by atoms with E-state index in [2.05, 4.69) is 0 Å². The van der Waals surface area contributed by atoms with Crippen LogP contribution in [0.4, 0.5) is 0 Å². The maximum absolute atomic E-state index is 14.2. The van der Waals surface area contributed by atoms with E-state index in [0.717, 1.165) is 5.56 Å². The molecule has 1 fully saturated rings. The third kappa shape index (κ3) is 4.17. The fourth-order valence-electron chi connectivity index (χ4n) is 4.74. The largest absolute Gasteiger partial charge is 0.496 e. The van der Waals surface area contributed by atoms with Gasteiger partial charge in [-0.15, -0.1) is 0 Å². The van der Waals surface area contributed by atoms with Gasteiger partial charge in [0, 0.05) is 10.9 Å². The number of likely N-dealkylation sites (tertiary alicyclic amines) is 1. The molecule has 1 aliphatic rings. The Hall–Kier alpha value is -3.64. The normalized spacial score (nSPS) is 19.6. The lowest BCUT2D eigenvalue weighted by atomic mass is 9.89. The molecule has 3 aromatic carbocycles. The molecule has 3 atom stereocenters. The Morgan fingerprint density at radius 2 is 1.65 bits per heavy atom. The van der Waals surface area contributed by atoms with E-state index in [-0.39, 0.29) is 17.8 Å². The number of methoxy groups -OCH3 is 1. The van der Waals surface area contributed by atoms with Crippen LogP contribution in [0.15, 0.2) is 72.8 Å². The number of ether oxygens (including phenoxy) is 1. The van der Waals surface area contributed by atoms with Crippen LogP contribution in [-0.2, 0) is 9.59 Å². The van der Waals surface area contributed by atoms with Crippen LogP contribution >= 0.6 is 11.6 Å². The first-order valence-corrected chi connectivity index (χ1v) is 11.3. The molecule has 0 aliphatic carbocycles. The van der Waals surface area contributed by atoms with Gasteiger partial charge in [-0.3, -0.25) is 9.59 Å². The van der Waals surface area contributed by atoms with E-state index in [1.807, 2.05) is 30.3 Å². The smallest absolute Gasteiger partial charge is 0.326 e. The van der Waals surface area contributed by atoms with E-state index in [0.29, 0.717) is 21.9 Å². The standard InChI is InChI=1S/C27H24ClNO5/c1-16(30)20-15-22(27(32)33)29(25(20)19-11-6-7-13-21(19)28)26(31)24-18(12-8-14-23(24)34-2)17-9-4-3-5-10-17/h3-14,20,22,25H,15H2,1-2H3,(H,32,33). The van der Waals surface area contributed by atoms with Gasteiger partial charge in [0.25, 0.3) is 5.91 Å². The number of nitrogens with zero attached hydrogens (tertiary/aromatic N) is 1. The fraction of sp³-hybridized carbons (Fsp3) is 0.222. The number of rotatable bonds is 6. The van der Waals surface area contributed by atoms with Gasteiger partial charge in [-0.1, -0.05) is 72.3 Å². The molecular weight excluding hydrogens is 454 g/mol. The summed E-state index contributed by atoms with van der Waals surface area (Å²) in [6.07, 6.45) is 0.00210. The van der Waals surface area contributed by atoms with Crippen molar-refractivity contribution in [1.82, 2.24) is 4.90 Å². The van der Waals surface area contributed by atoms with Crippen molar-refractivity contribution in [3.8, 4) is 16.9 Å². The predicted octanol–water partition coefficient (Wildman–Crippen LogP) is 5.26. The van der Waals surface area contributed by atoms with Gasteiger partial charge in [0.05, 0.1) is 18.7 Å². The lowest BCUT2D eigenvalue weighted by Gasteiger charge is -2.32. The Kier molecular flexibility index (Phi) is 6.70. The Balaban J connectivity index is 1.94. The number of benzene rings is 3. The van der Waals surface area contributed by atoms with Crippen molar-refractivity contribution < 1.29 is 24.2 Å². The van der Waals surface area contributed by atoms with E-state index in [1.54, 1.807) is 42.5 Å². The molecular formula is C27H24ClNO5. The van der Waals surface area contributed by atoms with E-state index in [9.17, 15) is 19.5 Å². The molecule has 34 heavy (non-hydrogen) atoms. The second-order valence-corrected chi connectivity index (χ2v) is 8.64. The molecule has 6 nitrogen and oxygen atoms in total. The minimum atomic E-state index is -1.20. The minimum Gasteiger partial charge on any atom is -0.496 e. The van der Waals surface area contributed by atoms with Crippen LogP contribution < -0.4 is 4.74 Å². The molecule has 1 aliphatic heterocycles. The van der Waals surface area contributed by atoms with Crippen LogP contribution in [0.2, 0.25) is 5.02 Å². The van der Waals surface area contributed by atoms with Gasteiger partial charge in [0.2, 0.25) is 0 Å². The third-order valence-corrected chi connectivity index (χ3v) is 6.65. The molecule has 3 unspecified atom stereocenters. The van der Waals surface area contributed by atoms with E-state index in [4.69, 9.17) is 16.3 Å². The zero-order valence-electron chi connectivity index (χ0n) is 18.8. The zero-order chi connectivity index (χ0) is 24.4. The summed E-state index contributed by atoms with van der Waals surface area (Å²) in [6, 6.07) is 19.4. The van der Waals surface area contributed by atoms with Gasteiger partial charge in [-0.05, 0) is 42.2 Å². The van der Waals surface area contributed by atoms with Gasteiger partial charge in [-0.25, -0.2) is 4.79 Å². The second-order valence-electron chi connectivity index (χ2n) is 8.23. The number of Topliss-reactive ketones (excluding diaryl/α,β-unsaturated/α-hetero) is 1. The van der Waals surface area contributed by atoms with Gasteiger partial charge in [-0.2, -0.15) is 0 Å². The number of carbonyl (C=O) groups is 3. The number of aliphatic carboxylic acids is 1. The monoisotopic (exact) mass is 477 g/mol. The topological polar surface area (TPSA) is 83.9 Å². The number of hydrogen-bond acceptors (Lipinski definition) is 4. The van der Waals surface area contributed by atoms with Crippen LogP contribution in [-0.4, -0.2) is 40.8 Å². The summed E-state index contributed by atoms with van der Waals surface area (Å²) in [4.78, 5) is 40.5. The summed E-state index contributed by atoms with van der Waals surface area (Å²) in [5.41, 5.74) is 2.17. The van der Waals surface area contributed by atoms with Gasteiger partial charge >= 0.3 is 5.97 Å². The highest BCUT2D eigenvalue weighted by molar-refractivity contribution is 6.31. The predicted molar refractivity (Wildman–Crippen MR) is 129 cm³/mol. The summed E-state index contributed by atoms with van der Waals surface area (Å²) < 4.78 is 5.53. The number of hydrogen-bond donors (Lipinski definition) is 1. The lowest BCUT2D eigenvalue weighted by molar-refractivity contribution is -0.141. The number of amides is 1. The molecule has 0 saturated carbocycles. The molecule has 4 rings (SSSR count). The van der Waals surface area contributed by atoms with Crippen LogP contribution in [0.5, 0.6) is 5.75 Å². The molecule has 0 bridgehead atoms. The molecule has 1 heterocycles. The highest BCUT2D eigenvalue weighted by atomic mass is 35.5. The summed E-state index contributed by atoms with van der Waals surface area (Å²) in [7, 11) is 1.46. The van der Waals surface area contributed by atoms with E-state index >= 15 is 0 Å². The Labute approximate surface area is 202 Å². The van der Waals surface area contributed by atoms with E-state index < -0.39 is 29.9 Å². The van der Waals surface area contributed by atoms with Crippen LogP contribution in [0.3, 0.4) is 0 Å². The average Bonchev–Trinajstić information content (AvgIpc) is 3.25. The van der Waals surface area contributed by atoms with Crippen LogP contribution in [0, 0.1) is 5.92 Å². The number of carboxylic acid groups (broad SMARTS) is 1. The SMILES string of the molecule is COc1cccc(-c2ccccc2)c1C(=O)N1C(C(=O)O)CC(C(C)=O)C1c1ccccc1Cl. The summed E-state index contributed by atoms with van der Waals surface area (Å²) in [5.74, 6) is -2.29. The molecule has 0 aromatic heterocycles. The van der Waals surface area contributed by atoms with Crippen molar-refractivity contribution in [3.05, 3.63) is 88.9 Å². The molecule has 174 valence electrons. The number of carboxylic acids is 1. The number of carbonyl (C=O) groups excluding carboxylic acids is 2. The quantitative estimate of drug-likeness (QED) is 0.523. The summed E-state index contributed by atoms with van der Waals surface area (Å²) >= 11 is 6.48. The second kappa shape index (κ2) is 9.69. The first-order chi connectivity index (χ1) is 16.3. The Morgan fingerprint density at radius 1 is 0.971 bits per heavy atom. The number of ketones is 1. The van der Waals surface area contributed by atoms with Crippen molar-refractivity contribution >= 4 is 29.3 Å². The van der Waals surface area contributed by atoms with E-state index in [1.165, 1.54) is 18.9 Å². The highest BCUT2D eigenvalue weighted by Gasteiger charge is 2.50. The first-order valence-electron chi connectivity index (χ1n) is 10.9. The van der Waals surface area contributed by atoms with Gasteiger partial charge in [0.1, 0.15) is 17.6 Å². The van der Waals surface area contributed by atoms with Gasteiger partial charge < -0.3 is 14.7 Å². The summed E-state index contributed by atoms with van der Waals surface area (Å²) in [6.45, 7) is 1.42. The van der Waals surface area contributed by atoms with Crippen LogP contribution in [0.25, 0.3) is 11.1 Å². The van der Waals surface area contributed by atoms with Crippen molar-refractivity contribution in [2.24, 2.45) is 5.92 Å². The van der Waals surface area contributed by atoms with Crippen molar-refractivity contribution in [1.29, 1.82) is 0 Å². The minimum absolute atomic E-state index is 0.00210. The maximum Gasteiger partial charge on any atom is 0.326 e. The molecule has 1 amide bonds. The highest BCUT2D eigenvalue weighted by Crippen LogP contribution is 2.46. The molecule has 1 N–H and O–H groups in total. The molecule has 1 saturated heterocycles. The number of halogens is 1. The molecule has 3 aromatic rings. The third-order valence-electron chi connectivity index (χ3n) is 6.30. The fourth-order valence-corrected chi connectivity index (χ4v) is 4.98. The van der Waals surface area contributed by atoms with Gasteiger partial charge in [0.15, 0.2) is 0 Å². The Bertz CT molecular complexity index is 1240. The van der Waals surface area contributed by atoms with Crippen molar-refractivity contribution in [3.63, 3.8) is 0 Å². The molecule has 0 spiro atoms. The first kappa shape index (κ1) is 23.5. The summed E-state index contributed by atoms with van der Waals surface area (Å²) in [5, 5.41) is 10.4. The average molecular weight is 478 g/mol. The lowest BCUT2D eigenvalue weighted by Crippen LogP contribution is -2.42. The molecule has 0 radical (unpaired) electrons. The maximum atomic E-state index is 14.2.